The maximum absolute atomic E-state index is 12.5. The minimum absolute atomic E-state index is 0.00349. The van der Waals surface area contributed by atoms with Gasteiger partial charge in [-0.3, -0.25) is 9.59 Å². The minimum atomic E-state index is -0.851. The van der Waals surface area contributed by atoms with Gasteiger partial charge in [-0.15, -0.1) is 0 Å². The number of carbonyl (C=O) groups is 2. The van der Waals surface area contributed by atoms with Crippen LogP contribution in [0.1, 0.15) is 380 Å². The van der Waals surface area contributed by atoms with Crippen molar-refractivity contribution in [1.29, 1.82) is 0 Å². The Hall–Kier alpha value is -2.18. The van der Waals surface area contributed by atoms with E-state index in [2.05, 4.69) is 55.6 Å². The Morgan fingerprint density at radius 3 is 1.00 bits per heavy atom. The zero-order valence-corrected chi connectivity index (χ0v) is 53.1. The summed E-state index contributed by atoms with van der Waals surface area (Å²) in [7, 11) is 0. The Kier molecular flexibility index (Phi) is 66.4. The van der Waals surface area contributed by atoms with Crippen molar-refractivity contribution in [2.24, 2.45) is 0 Å². The van der Waals surface area contributed by atoms with E-state index in [1.807, 2.05) is 6.08 Å². The van der Waals surface area contributed by atoms with Crippen LogP contribution in [-0.4, -0.2) is 47.4 Å². The van der Waals surface area contributed by atoms with Gasteiger partial charge in [0.1, 0.15) is 0 Å². The van der Waals surface area contributed by atoms with Crippen LogP contribution in [0.25, 0.3) is 0 Å². The summed E-state index contributed by atoms with van der Waals surface area (Å²) in [4.78, 5) is 24.6. The lowest BCUT2D eigenvalue weighted by Gasteiger charge is -2.20. The molecule has 0 aliphatic carbocycles. The summed E-state index contributed by atoms with van der Waals surface area (Å²) in [6.45, 7) is 4.90. The van der Waals surface area contributed by atoms with E-state index in [4.69, 9.17) is 4.74 Å². The highest BCUT2D eigenvalue weighted by atomic mass is 16.5. The van der Waals surface area contributed by atoms with E-state index in [-0.39, 0.29) is 18.5 Å². The Labute approximate surface area is 493 Å². The fraction of sp³-hybridized carbons (Fsp3) is 0.863. The van der Waals surface area contributed by atoms with Crippen LogP contribution in [0.2, 0.25) is 0 Å². The third-order valence-electron chi connectivity index (χ3n) is 16.3. The molecule has 0 fully saturated rings. The van der Waals surface area contributed by atoms with Gasteiger partial charge in [-0.05, 0) is 89.9 Å². The third-order valence-corrected chi connectivity index (χ3v) is 16.3. The number of carbonyl (C=O) groups excluding carboxylic acids is 2. The fourth-order valence-electron chi connectivity index (χ4n) is 10.9. The molecule has 0 aliphatic heterocycles. The van der Waals surface area contributed by atoms with Crippen LogP contribution in [0, 0.1) is 0 Å². The second-order valence-corrected chi connectivity index (χ2v) is 24.2. The zero-order chi connectivity index (χ0) is 57.1. The number of esters is 1. The van der Waals surface area contributed by atoms with E-state index in [0.717, 1.165) is 57.8 Å². The molecule has 464 valence electrons. The van der Waals surface area contributed by atoms with Gasteiger partial charge in [0, 0.05) is 12.8 Å². The van der Waals surface area contributed by atoms with Crippen LogP contribution in [0.4, 0.5) is 0 Å². The van der Waals surface area contributed by atoms with Crippen molar-refractivity contribution in [3.05, 3.63) is 48.6 Å². The molecule has 2 atom stereocenters. The molecule has 0 heterocycles. The SMILES string of the molecule is CCCCC/C=C\C/C=C\CCCCCCCCCC(=O)OCCCCCCCCCCCCCC/C=C\CCCCCCCCCC(=O)NC(CO)C(O)/C=C/CCCCCCCCCCCCCCCCCCCCCC. The lowest BCUT2D eigenvalue weighted by atomic mass is 10.0. The number of allylic oxidation sites excluding steroid dienone is 7. The molecule has 0 aromatic heterocycles. The number of rotatable bonds is 66. The molecule has 0 saturated heterocycles. The number of amides is 1. The molecular weight excluding hydrogens is 971 g/mol. The van der Waals surface area contributed by atoms with Crippen LogP contribution < -0.4 is 5.32 Å². The Morgan fingerprint density at radius 2 is 0.633 bits per heavy atom. The van der Waals surface area contributed by atoms with Gasteiger partial charge in [-0.25, -0.2) is 0 Å². The van der Waals surface area contributed by atoms with Gasteiger partial charge in [0.2, 0.25) is 5.91 Å². The number of ether oxygens (including phenoxy) is 1. The number of hydrogen-bond donors (Lipinski definition) is 3. The first-order valence-electron chi connectivity index (χ1n) is 35.4. The number of aliphatic hydroxyl groups is 2. The van der Waals surface area contributed by atoms with Gasteiger partial charge in [0.05, 0.1) is 25.4 Å². The smallest absolute Gasteiger partial charge is 0.305 e. The monoisotopic (exact) mass is 1110 g/mol. The highest BCUT2D eigenvalue weighted by Crippen LogP contribution is 2.18. The maximum atomic E-state index is 12.5. The van der Waals surface area contributed by atoms with E-state index >= 15 is 0 Å². The minimum Gasteiger partial charge on any atom is -0.466 e. The number of hydrogen-bond acceptors (Lipinski definition) is 5. The van der Waals surface area contributed by atoms with Crippen molar-refractivity contribution < 1.29 is 24.5 Å². The molecule has 0 aliphatic rings. The average Bonchev–Trinajstić information content (AvgIpc) is 3.45. The molecule has 1 amide bonds. The molecule has 0 radical (unpaired) electrons. The van der Waals surface area contributed by atoms with Crippen LogP contribution in [0.3, 0.4) is 0 Å². The number of unbranched alkanes of at least 4 members (excludes halogenated alkanes) is 49. The second kappa shape index (κ2) is 68.3. The first-order chi connectivity index (χ1) is 39.0. The maximum Gasteiger partial charge on any atom is 0.305 e. The molecule has 6 heteroatoms. The standard InChI is InChI=1S/C73H137NO5/c1-3-5-7-9-11-13-15-17-19-21-22-23-27-30-34-37-41-45-49-53-57-61-65-71(76)70(69-75)74-72(77)66-62-58-54-50-46-42-38-35-31-28-25-24-26-29-32-36-40-44-48-52-56-60-64-68-79-73(78)67-63-59-55-51-47-43-39-33-20-18-16-14-12-10-8-6-4-2/h12,14,18,20,28,31,61,65,70-71,75-76H,3-11,13,15-17,19,21-27,29-30,32-60,62-64,66-69H2,1-2H3,(H,74,77)/b14-12-,20-18-,31-28-,65-61+. The third kappa shape index (κ3) is 64.8. The topological polar surface area (TPSA) is 95.9 Å². The zero-order valence-electron chi connectivity index (χ0n) is 53.1. The van der Waals surface area contributed by atoms with Crippen molar-refractivity contribution >= 4 is 11.9 Å². The Morgan fingerprint density at radius 1 is 0.354 bits per heavy atom. The summed E-state index contributed by atoms with van der Waals surface area (Å²) in [6.07, 6.45) is 88.9. The molecule has 0 aromatic rings. The molecule has 0 bridgehead atoms. The van der Waals surface area contributed by atoms with Gasteiger partial charge in [0.15, 0.2) is 0 Å². The Balaban J connectivity index is 3.44. The highest BCUT2D eigenvalue weighted by molar-refractivity contribution is 5.76. The summed E-state index contributed by atoms with van der Waals surface area (Å²) in [5.41, 5.74) is 0. The van der Waals surface area contributed by atoms with E-state index in [9.17, 15) is 19.8 Å². The predicted octanol–water partition coefficient (Wildman–Crippen LogP) is 22.9. The molecule has 6 nitrogen and oxygen atoms in total. The molecule has 3 N–H and O–H groups in total. The van der Waals surface area contributed by atoms with Crippen molar-refractivity contribution in [3.63, 3.8) is 0 Å². The molecular formula is C73H137NO5. The van der Waals surface area contributed by atoms with Crippen molar-refractivity contribution in [2.75, 3.05) is 13.2 Å². The first kappa shape index (κ1) is 76.8. The van der Waals surface area contributed by atoms with E-state index in [0.29, 0.717) is 19.4 Å². The van der Waals surface area contributed by atoms with Gasteiger partial charge in [-0.2, -0.15) is 0 Å². The lowest BCUT2D eigenvalue weighted by molar-refractivity contribution is -0.143. The van der Waals surface area contributed by atoms with E-state index < -0.39 is 12.1 Å². The fourth-order valence-corrected chi connectivity index (χ4v) is 10.9. The molecule has 0 saturated carbocycles. The summed E-state index contributed by atoms with van der Waals surface area (Å²) < 4.78 is 5.49. The molecule has 0 spiro atoms. The Bertz CT molecular complexity index is 1320. The first-order valence-corrected chi connectivity index (χ1v) is 35.4. The quantitative estimate of drug-likeness (QED) is 0.0320. The molecule has 0 aromatic carbocycles. The second-order valence-electron chi connectivity index (χ2n) is 24.2. The van der Waals surface area contributed by atoms with Crippen molar-refractivity contribution in [3.8, 4) is 0 Å². The molecule has 2 unspecified atom stereocenters. The van der Waals surface area contributed by atoms with Crippen LogP contribution in [0.15, 0.2) is 48.6 Å². The van der Waals surface area contributed by atoms with E-state index in [1.165, 1.54) is 295 Å². The highest BCUT2D eigenvalue weighted by Gasteiger charge is 2.18. The summed E-state index contributed by atoms with van der Waals surface area (Å²) in [5, 5.41) is 23.3. The van der Waals surface area contributed by atoms with Gasteiger partial charge < -0.3 is 20.3 Å². The van der Waals surface area contributed by atoms with Gasteiger partial charge >= 0.3 is 5.97 Å². The number of aliphatic hydroxyl groups excluding tert-OH is 2. The normalized spacial score (nSPS) is 12.8. The summed E-state index contributed by atoms with van der Waals surface area (Å²) >= 11 is 0. The lowest BCUT2D eigenvalue weighted by Crippen LogP contribution is -2.45. The van der Waals surface area contributed by atoms with E-state index in [1.54, 1.807) is 6.08 Å². The van der Waals surface area contributed by atoms with Crippen molar-refractivity contribution in [1.82, 2.24) is 5.32 Å². The van der Waals surface area contributed by atoms with Gasteiger partial charge in [-0.1, -0.05) is 326 Å². The molecule has 0 rings (SSSR count). The molecule has 79 heavy (non-hydrogen) atoms. The summed E-state index contributed by atoms with van der Waals surface area (Å²) in [5.74, 6) is -0.0678. The van der Waals surface area contributed by atoms with Crippen molar-refractivity contribution in [2.45, 2.75) is 392 Å². The van der Waals surface area contributed by atoms with Crippen LogP contribution in [-0.2, 0) is 14.3 Å². The summed E-state index contributed by atoms with van der Waals surface area (Å²) in [6, 6.07) is -0.635. The average molecular weight is 1110 g/mol. The van der Waals surface area contributed by atoms with Gasteiger partial charge in [0.25, 0.3) is 0 Å². The number of nitrogens with one attached hydrogen (secondary N) is 1. The van der Waals surface area contributed by atoms with Crippen LogP contribution >= 0.6 is 0 Å². The largest absolute Gasteiger partial charge is 0.466 e. The predicted molar refractivity (Wildman–Crippen MR) is 347 cm³/mol. The van der Waals surface area contributed by atoms with Crippen LogP contribution in [0.5, 0.6) is 0 Å².